The second-order valence-corrected chi connectivity index (χ2v) is 2.65. The number of halogens is 1. The summed E-state index contributed by atoms with van der Waals surface area (Å²) in [6, 6.07) is 6.07. The predicted molar refractivity (Wildman–Crippen MR) is 45.6 cm³/mol. The first-order valence-corrected chi connectivity index (χ1v) is 3.99. The fraction of sp³-hybridized carbons (Fsp3) is 0.111. The minimum atomic E-state index is -0.430. The van der Waals surface area contributed by atoms with Crippen LogP contribution < -0.4 is 0 Å². The van der Waals surface area contributed by atoms with E-state index in [1.807, 2.05) is 0 Å². The molecule has 1 N–H and O–H groups in total. The summed E-state index contributed by atoms with van der Waals surface area (Å²) in [6.45, 7) is -0.321. The number of aliphatic hydroxyl groups excluding tert-OH is 1. The Labute approximate surface area is 79.0 Å². The van der Waals surface area contributed by atoms with Crippen LogP contribution in [0.15, 0.2) is 28.8 Å². The standard InChI is InChI=1S/C9H7FN2O2/c10-7-4-2-1-3-6(7)9-11-8(5-13)12-14-9/h1-4,13H,5H2. The summed E-state index contributed by atoms with van der Waals surface area (Å²) in [6.07, 6.45) is 0. The molecule has 1 aromatic carbocycles. The van der Waals surface area contributed by atoms with E-state index in [-0.39, 0.29) is 23.9 Å². The lowest BCUT2D eigenvalue weighted by molar-refractivity contribution is 0.264. The molecule has 0 aliphatic heterocycles. The largest absolute Gasteiger partial charge is 0.388 e. The quantitative estimate of drug-likeness (QED) is 0.784. The molecule has 1 heterocycles. The Kier molecular flexibility index (Phi) is 2.24. The smallest absolute Gasteiger partial charge is 0.260 e. The first-order valence-electron chi connectivity index (χ1n) is 3.99. The minimum Gasteiger partial charge on any atom is -0.388 e. The summed E-state index contributed by atoms with van der Waals surface area (Å²) in [5.74, 6) is -0.212. The van der Waals surface area contributed by atoms with Crippen LogP contribution >= 0.6 is 0 Å². The van der Waals surface area contributed by atoms with E-state index in [1.165, 1.54) is 12.1 Å². The van der Waals surface area contributed by atoms with Crippen molar-refractivity contribution in [1.29, 1.82) is 0 Å². The molecule has 0 atom stereocenters. The van der Waals surface area contributed by atoms with Gasteiger partial charge in [-0.2, -0.15) is 4.98 Å². The molecule has 0 amide bonds. The van der Waals surface area contributed by atoms with Crippen LogP contribution in [0.3, 0.4) is 0 Å². The van der Waals surface area contributed by atoms with E-state index in [4.69, 9.17) is 9.63 Å². The van der Waals surface area contributed by atoms with E-state index in [2.05, 4.69) is 10.1 Å². The van der Waals surface area contributed by atoms with Crippen molar-refractivity contribution in [3.05, 3.63) is 35.9 Å². The topological polar surface area (TPSA) is 59.2 Å². The number of benzene rings is 1. The van der Waals surface area contributed by atoms with Gasteiger partial charge >= 0.3 is 0 Å². The van der Waals surface area contributed by atoms with Gasteiger partial charge in [-0.05, 0) is 12.1 Å². The molecule has 0 aliphatic carbocycles. The third-order valence-electron chi connectivity index (χ3n) is 1.71. The van der Waals surface area contributed by atoms with Crippen LogP contribution in [0, 0.1) is 5.82 Å². The highest BCUT2D eigenvalue weighted by molar-refractivity contribution is 5.53. The van der Waals surface area contributed by atoms with E-state index in [0.29, 0.717) is 0 Å². The van der Waals surface area contributed by atoms with Crippen molar-refractivity contribution < 1.29 is 14.0 Å². The Morgan fingerprint density at radius 1 is 1.36 bits per heavy atom. The zero-order valence-corrected chi connectivity index (χ0v) is 7.14. The molecule has 14 heavy (non-hydrogen) atoms. The molecule has 0 spiro atoms. The van der Waals surface area contributed by atoms with Crippen molar-refractivity contribution >= 4 is 0 Å². The monoisotopic (exact) mass is 194 g/mol. The lowest BCUT2D eigenvalue weighted by atomic mass is 10.2. The zero-order chi connectivity index (χ0) is 9.97. The van der Waals surface area contributed by atoms with Gasteiger partial charge in [0.15, 0.2) is 5.82 Å². The molecule has 2 aromatic rings. The van der Waals surface area contributed by atoms with E-state index in [0.717, 1.165) is 0 Å². The summed E-state index contributed by atoms with van der Waals surface area (Å²) in [7, 11) is 0. The normalized spacial score (nSPS) is 10.4. The molecule has 72 valence electrons. The number of rotatable bonds is 2. The average Bonchev–Trinajstić information content (AvgIpc) is 2.67. The van der Waals surface area contributed by atoms with Gasteiger partial charge in [0.1, 0.15) is 12.4 Å². The Bertz CT molecular complexity index is 442. The van der Waals surface area contributed by atoms with Gasteiger partial charge in [-0.15, -0.1) is 0 Å². The maximum absolute atomic E-state index is 13.2. The molecular weight excluding hydrogens is 187 g/mol. The third-order valence-corrected chi connectivity index (χ3v) is 1.71. The first kappa shape index (κ1) is 8.83. The lowest BCUT2D eigenvalue weighted by Crippen LogP contribution is -1.86. The van der Waals surface area contributed by atoms with Gasteiger partial charge in [0.2, 0.25) is 0 Å². The molecule has 0 unspecified atom stereocenters. The number of nitrogens with zero attached hydrogens (tertiary/aromatic N) is 2. The summed E-state index contributed by atoms with van der Waals surface area (Å²) >= 11 is 0. The molecule has 0 radical (unpaired) electrons. The maximum Gasteiger partial charge on any atom is 0.260 e. The van der Waals surface area contributed by atoms with Crippen molar-refractivity contribution in [3.63, 3.8) is 0 Å². The van der Waals surface area contributed by atoms with Gasteiger partial charge < -0.3 is 9.63 Å². The van der Waals surface area contributed by atoms with E-state index < -0.39 is 5.82 Å². The SMILES string of the molecule is OCc1noc(-c2ccccc2F)n1. The highest BCUT2D eigenvalue weighted by atomic mass is 19.1. The van der Waals surface area contributed by atoms with Crippen molar-refractivity contribution in [1.82, 2.24) is 10.1 Å². The molecular formula is C9H7FN2O2. The first-order chi connectivity index (χ1) is 6.81. The Morgan fingerprint density at radius 2 is 2.14 bits per heavy atom. The van der Waals surface area contributed by atoms with Gasteiger partial charge in [-0.1, -0.05) is 17.3 Å². The third kappa shape index (κ3) is 1.49. The van der Waals surface area contributed by atoms with E-state index in [1.54, 1.807) is 12.1 Å². The van der Waals surface area contributed by atoms with Crippen LogP contribution in [0.1, 0.15) is 5.82 Å². The number of hydrogen-bond acceptors (Lipinski definition) is 4. The lowest BCUT2D eigenvalue weighted by Gasteiger charge is -1.94. The second kappa shape index (κ2) is 3.55. The highest BCUT2D eigenvalue weighted by Crippen LogP contribution is 2.19. The molecule has 0 saturated carbocycles. The van der Waals surface area contributed by atoms with Crippen LogP contribution in [-0.4, -0.2) is 15.2 Å². The van der Waals surface area contributed by atoms with E-state index in [9.17, 15) is 4.39 Å². The molecule has 4 nitrogen and oxygen atoms in total. The number of aliphatic hydroxyl groups is 1. The molecule has 0 saturated heterocycles. The molecule has 5 heteroatoms. The van der Waals surface area contributed by atoms with Crippen LogP contribution in [-0.2, 0) is 6.61 Å². The minimum absolute atomic E-state index is 0.0761. The second-order valence-electron chi connectivity index (χ2n) is 2.65. The molecule has 1 aromatic heterocycles. The summed E-state index contributed by atoms with van der Waals surface area (Å²) in [5, 5.41) is 12.1. The van der Waals surface area contributed by atoms with Crippen LogP contribution in [0.4, 0.5) is 4.39 Å². The fourth-order valence-electron chi connectivity index (χ4n) is 1.06. The molecule has 0 bridgehead atoms. The van der Waals surface area contributed by atoms with Crippen molar-refractivity contribution in [2.45, 2.75) is 6.61 Å². The molecule has 0 aliphatic rings. The average molecular weight is 194 g/mol. The van der Waals surface area contributed by atoms with Crippen LogP contribution in [0.2, 0.25) is 0 Å². The van der Waals surface area contributed by atoms with Gasteiger partial charge in [0.25, 0.3) is 5.89 Å². The van der Waals surface area contributed by atoms with Crippen LogP contribution in [0.5, 0.6) is 0 Å². The number of aromatic nitrogens is 2. The predicted octanol–water partition coefficient (Wildman–Crippen LogP) is 1.37. The van der Waals surface area contributed by atoms with Crippen molar-refractivity contribution in [3.8, 4) is 11.5 Å². The summed E-state index contributed by atoms with van der Waals surface area (Å²) in [4.78, 5) is 3.79. The van der Waals surface area contributed by atoms with Crippen molar-refractivity contribution in [2.75, 3.05) is 0 Å². The zero-order valence-electron chi connectivity index (χ0n) is 7.14. The maximum atomic E-state index is 13.2. The van der Waals surface area contributed by atoms with Gasteiger partial charge in [0.05, 0.1) is 5.56 Å². The van der Waals surface area contributed by atoms with Gasteiger partial charge in [-0.25, -0.2) is 4.39 Å². The molecule has 2 rings (SSSR count). The Hall–Kier alpha value is -1.75. The van der Waals surface area contributed by atoms with Gasteiger partial charge in [-0.3, -0.25) is 0 Å². The molecule has 0 fully saturated rings. The summed E-state index contributed by atoms with van der Waals surface area (Å²) in [5.41, 5.74) is 0.236. The van der Waals surface area contributed by atoms with Crippen molar-refractivity contribution in [2.24, 2.45) is 0 Å². The fourth-order valence-corrected chi connectivity index (χ4v) is 1.06. The summed E-state index contributed by atoms with van der Waals surface area (Å²) < 4.78 is 18.0. The van der Waals surface area contributed by atoms with Gasteiger partial charge in [0, 0.05) is 0 Å². The highest BCUT2D eigenvalue weighted by Gasteiger charge is 2.11. The van der Waals surface area contributed by atoms with Crippen LogP contribution in [0.25, 0.3) is 11.5 Å². The van der Waals surface area contributed by atoms with E-state index >= 15 is 0 Å². The number of hydrogen-bond donors (Lipinski definition) is 1. The Balaban J connectivity index is 2.44. The Morgan fingerprint density at radius 3 is 2.79 bits per heavy atom.